The van der Waals surface area contributed by atoms with Crippen molar-refractivity contribution >= 4 is 38.7 Å². The predicted molar refractivity (Wildman–Crippen MR) is 144 cm³/mol. The van der Waals surface area contributed by atoms with Gasteiger partial charge in [-0.15, -0.1) is 0 Å². The van der Waals surface area contributed by atoms with Crippen LogP contribution in [0.1, 0.15) is 18.4 Å². The maximum atomic E-state index is 14.8. The number of anilines is 2. The van der Waals surface area contributed by atoms with E-state index in [9.17, 15) is 22.7 Å². The molecule has 0 bridgehead atoms. The third-order valence-corrected chi connectivity index (χ3v) is 7.62. The van der Waals surface area contributed by atoms with Crippen molar-refractivity contribution in [2.24, 2.45) is 0 Å². The molecule has 3 aromatic carbocycles. The van der Waals surface area contributed by atoms with Crippen molar-refractivity contribution < 1.29 is 22.7 Å². The Kier molecular flexibility index (Phi) is 7.10. The maximum Gasteiger partial charge on any atom is 0.407 e. The molecule has 0 spiro atoms. The van der Waals surface area contributed by atoms with Crippen molar-refractivity contribution in [2.45, 2.75) is 24.6 Å². The number of carbonyl (C=O) groups is 1. The molecule has 1 saturated heterocycles. The zero-order valence-corrected chi connectivity index (χ0v) is 21.2. The summed E-state index contributed by atoms with van der Waals surface area (Å²) in [5.74, 6) is -0.294. The van der Waals surface area contributed by atoms with Gasteiger partial charge in [0.05, 0.1) is 11.3 Å². The van der Waals surface area contributed by atoms with Crippen LogP contribution in [0.5, 0.6) is 0 Å². The van der Waals surface area contributed by atoms with E-state index in [1.54, 1.807) is 48.7 Å². The fraction of sp³-hybridized carbons (Fsp3) is 0.222. The lowest BCUT2D eigenvalue weighted by Crippen LogP contribution is -2.44. The van der Waals surface area contributed by atoms with Crippen LogP contribution in [0, 0.1) is 5.82 Å². The molecule has 1 aliphatic heterocycles. The summed E-state index contributed by atoms with van der Waals surface area (Å²) in [6.07, 6.45) is 2.25. The number of benzene rings is 3. The molecule has 1 aromatic heterocycles. The summed E-state index contributed by atoms with van der Waals surface area (Å²) < 4.78 is 42.6. The Bertz CT molecular complexity index is 1580. The first-order chi connectivity index (χ1) is 18.3. The first-order valence-electron chi connectivity index (χ1n) is 12.1. The zero-order chi connectivity index (χ0) is 26.7. The van der Waals surface area contributed by atoms with E-state index in [1.165, 1.54) is 23.1 Å². The highest BCUT2D eigenvalue weighted by atomic mass is 32.2. The van der Waals surface area contributed by atoms with E-state index in [-0.39, 0.29) is 23.0 Å². The van der Waals surface area contributed by atoms with E-state index in [2.05, 4.69) is 20.0 Å². The van der Waals surface area contributed by atoms with Crippen LogP contribution >= 0.6 is 0 Å². The molecule has 0 aliphatic carbocycles. The molecule has 5 rings (SSSR count). The number of carboxylic acid groups (broad SMARTS) is 1. The van der Waals surface area contributed by atoms with E-state index in [0.717, 1.165) is 12.8 Å². The second kappa shape index (κ2) is 10.6. The number of nitrogens with zero attached hydrogens (tertiary/aromatic N) is 3. The summed E-state index contributed by atoms with van der Waals surface area (Å²) >= 11 is 0. The minimum atomic E-state index is -3.69. The highest BCUT2D eigenvalue weighted by Gasteiger charge is 2.23. The SMILES string of the molecule is O=C(O)N1CCCC(Nc2ncc3cc(-c4cc(NS(=O)(=O)Cc5ccccc5)ccc4F)ccc3n2)C1. The molecular formula is C27H26FN5O4S. The molecule has 1 aliphatic rings. The lowest BCUT2D eigenvalue weighted by Gasteiger charge is -2.31. The number of amides is 1. The van der Waals surface area contributed by atoms with Crippen molar-refractivity contribution in [3.05, 3.63) is 84.3 Å². The summed E-state index contributed by atoms with van der Waals surface area (Å²) in [5.41, 5.74) is 2.33. The largest absolute Gasteiger partial charge is 0.465 e. The van der Waals surface area contributed by atoms with Crippen LogP contribution in [0.25, 0.3) is 22.0 Å². The van der Waals surface area contributed by atoms with Gasteiger partial charge in [-0.25, -0.2) is 27.6 Å². The summed E-state index contributed by atoms with van der Waals surface area (Å²) in [7, 11) is -3.69. The number of aromatic nitrogens is 2. The van der Waals surface area contributed by atoms with Gasteiger partial charge < -0.3 is 15.3 Å². The average Bonchev–Trinajstić information content (AvgIpc) is 2.90. The first-order valence-corrected chi connectivity index (χ1v) is 13.8. The van der Waals surface area contributed by atoms with Gasteiger partial charge in [-0.3, -0.25) is 4.72 Å². The number of piperidine rings is 1. The zero-order valence-electron chi connectivity index (χ0n) is 20.3. The lowest BCUT2D eigenvalue weighted by atomic mass is 10.0. The van der Waals surface area contributed by atoms with Crippen LogP contribution < -0.4 is 10.0 Å². The Hall–Kier alpha value is -4.25. The summed E-state index contributed by atoms with van der Waals surface area (Å²) in [5, 5.41) is 13.1. The van der Waals surface area contributed by atoms with Crippen molar-refractivity contribution in [1.82, 2.24) is 14.9 Å². The maximum absolute atomic E-state index is 14.8. The molecule has 1 fully saturated rings. The van der Waals surface area contributed by atoms with Crippen LogP contribution in [-0.2, 0) is 15.8 Å². The van der Waals surface area contributed by atoms with Gasteiger partial charge in [0.2, 0.25) is 16.0 Å². The number of nitrogens with one attached hydrogen (secondary N) is 2. The molecule has 1 unspecified atom stereocenters. The van der Waals surface area contributed by atoms with Gasteiger partial charge in [0.1, 0.15) is 5.82 Å². The van der Waals surface area contributed by atoms with Crippen LogP contribution in [0.3, 0.4) is 0 Å². The average molecular weight is 536 g/mol. The minimum absolute atomic E-state index is 0.0842. The molecule has 0 saturated carbocycles. The quantitative estimate of drug-likeness (QED) is 0.306. The molecule has 4 aromatic rings. The highest BCUT2D eigenvalue weighted by Crippen LogP contribution is 2.29. The van der Waals surface area contributed by atoms with Gasteiger partial charge in [-0.1, -0.05) is 36.4 Å². The van der Waals surface area contributed by atoms with Gasteiger partial charge in [-0.2, -0.15) is 0 Å². The fourth-order valence-electron chi connectivity index (χ4n) is 4.54. The predicted octanol–water partition coefficient (Wildman–Crippen LogP) is 4.93. The second-order valence-corrected chi connectivity index (χ2v) is 10.9. The highest BCUT2D eigenvalue weighted by molar-refractivity contribution is 7.91. The molecule has 38 heavy (non-hydrogen) atoms. The van der Waals surface area contributed by atoms with Gasteiger partial charge in [-0.05, 0) is 54.3 Å². The second-order valence-electron chi connectivity index (χ2n) is 9.22. The van der Waals surface area contributed by atoms with E-state index < -0.39 is 21.9 Å². The Balaban J connectivity index is 1.34. The van der Waals surface area contributed by atoms with E-state index in [4.69, 9.17) is 0 Å². The Labute approximate surface area is 219 Å². The van der Waals surface area contributed by atoms with Crippen molar-refractivity contribution in [3.63, 3.8) is 0 Å². The van der Waals surface area contributed by atoms with Crippen molar-refractivity contribution in [1.29, 1.82) is 0 Å². The van der Waals surface area contributed by atoms with Crippen molar-refractivity contribution in [2.75, 3.05) is 23.1 Å². The van der Waals surface area contributed by atoms with Crippen LogP contribution in [0.15, 0.2) is 72.9 Å². The molecule has 3 N–H and O–H groups in total. The van der Waals surface area contributed by atoms with Gasteiger partial charge >= 0.3 is 6.09 Å². The summed E-state index contributed by atoms with van der Waals surface area (Å²) in [6, 6.07) is 18.0. The number of hydrogen-bond acceptors (Lipinski definition) is 6. The third kappa shape index (κ3) is 6.00. The van der Waals surface area contributed by atoms with E-state index in [0.29, 0.717) is 41.1 Å². The van der Waals surface area contributed by atoms with Crippen LogP contribution in [0.4, 0.5) is 20.8 Å². The number of sulfonamides is 1. The monoisotopic (exact) mass is 535 g/mol. The molecule has 1 amide bonds. The normalized spacial score (nSPS) is 15.8. The molecule has 11 heteroatoms. The van der Waals surface area contributed by atoms with Crippen LogP contribution in [0.2, 0.25) is 0 Å². The van der Waals surface area contributed by atoms with E-state index in [1.807, 2.05) is 6.07 Å². The smallest absolute Gasteiger partial charge is 0.407 e. The number of rotatable bonds is 7. The number of likely N-dealkylation sites (tertiary alicyclic amines) is 1. The Morgan fingerprint density at radius 1 is 1.11 bits per heavy atom. The molecule has 2 heterocycles. The fourth-order valence-corrected chi connectivity index (χ4v) is 5.73. The summed E-state index contributed by atoms with van der Waals surface area (Å²) in [4.78, 5) is 21.5. The molecular weight excluding hydrogens is 509 g/mol. The standard InChI is InChI=1S/C27H26FN5O4S/c28-24-10-9-21(32-38(36,37)17-18-5-2-1-3-6-18)14-23(24)19-8-11-25-20(13-19)15-29-26(31-25)30-22-7-4-12-33(16-22)27(34)35/h1-3,5-6,8-11,13-15,22,32H,4,7,12,16-17H2,(H,34,35)(H,29,30,31). The van der Waals surface area contributed by atoms with Crippen LogP contribution in [-0.4, -0.2) is 53.6 Å². The summed E-state index contributed by atoms with van der Waals surface area (Å²) in [6.45, 7) is 0.876. The third-order valence-electron chi connectivity index (χ3n) is 6.36. The number of fused-ring (bicyclic) bond motifs is 1. The Morgan fingerprint density at radius 2 is 1.92 bits per heavy atom. The van der Waals surface area contributed by atoms with E-state index >= 15 is 0 Å². The lowest BCUT2D eigenvalue weighted by molar-refractivity contribution is 0.132. The topological polar surface area (TPSA) is 125 Å². The number of hydrogen-bond donors (Lipinski definition) is 3. The minimum Gasteiger partial charge on any atom is -0.465 e. The molecule has 196 valence electrons. The van der Waals surface area contributed by atoms with Gasteiger partial charge in [0.15, 0.2) is 0 Å². The molecule has 9 nitrogen and oxygen atoms in total. The van der Waals surface area contributed by atoms with Crippen molar-refractivity contribution in [3.8, 4) is 11.1 Å². The van der Waals surface area contributed by atoms with Gasteiger partial charge in [0, 0.05) is 42.0 Å². The Morgan fingerprint density at radius 3 is 2.71 bits per heavy atom. The molecule has 1 atom stereocenters. The number of halogens is 1. The van der Waals surface area contributed by atoms with Gasteiger partial charge in [0.25, 0.3) is 0 Å². The first kappa shape index (κ1) is 25.4. The molecule has 0 radical (unpaired) electrons.